The van der Waals surface area contributed by atoms with Gasteiger partial charge in [0.25, 0.3) is 0 Å². The standard InChI is InChI=1S/C33H34ClF2N5O3S/c1-21-17-38-20-26(41(21)45(43,44)27-6-3-2-4-7-27)14-15-28-29(36)8-5-9-30(28)40-33(42)32(37)31(22-10-12-24(34)13-11-22)23-16-25(35)19-39-18-23/h2-13,16,18-19,21,26,31-32,38H,14-15,17,20,37H2,1H3,(H,40,42). The number of halogens is 3. The zero-order valence-electron chi connectivity index (χ0n) is 24.5. The van der Waals surface area contributed by atoms with Crippen molar-refractivity contribution in [1.82, 2.24) is 14.6 Å². The number of amides is 1. The van der Waals surface area contributed by atoms with Crippen LogP contribution in [0.15, 0.2) is 96.2 Å². The molecule has 45 heavy (non-hydrogen) atoms. The Labute approximate surface area is 266 Å². The number of piperazine rings is 1. The van der Waals surface area contributed by atoms with Crippen molar-refractivity contribution in [2.75, 3.05) is 18.4 Å². The number of benzene rings is 3. The van der Waals surface area contributed by atoms with Gasteiger partial charge in [-0.05, 0) is 73.4 Å². The van der Waals surface area contributed by atoms with Gasteiger partial charge < -0.3 is 16.4 Å². The van der Waals surface area contributed by atoms with E-state index in [0.717, 1.165) is 6.20 Å². The van der Waals surface area contributed by atoms with Gasteiger partial charge >= 0.3 is 0 Å². The summed E-state index contributed by atoms with van der Waals surface area (Å²) in [5.74, 6) is -2.53. The van der Waals surface area contributed by atoms with Crippen LogP contribution < -0.4 is 16.4 Å². The van der Waals surface area contributed by atoms with Gasteiger partial charge in [0, 0.05) is 53.6 Å². The monoisotopic (exact) mass is 653 g/mol. The normalized spacial score (nSPS) is 18.7. The van der Waals surface area contributed by atoms with Crippen LogP contribution in [-0.2, 0) is 21.2 Å². The van der Waals surface area contributed by atoms with Gasteiger partial charge in [-0.2, -0.15) is 4.31 Å². The molecule has 0 aliphatic carbocycles. The molecule has 236 valence electrons. The summed E-state index contributed by atoms with van der Waals surface area (Å²) >= 11 is 6.07. The van der Waals surface area contributed by atoms with Crippen molar-refractivity contribution in [1.29, 1.82) is 0 Å². The van der Waals surface area contributed by atoms with Gasteiger partial charge in [-0.15, -0.1) is 0 Å². The van der Waals surface area contributed by atoms with Crippen LogP contribution in [0.3, 0.4) is 0 Å². The molecule has 1 amide bonds. The van der Waals surface area contributed by atoms with Crippen molar-refractivity contribution in [2.45, 2.75) is 48.7 Å². The van der Waals surface area contributed by atoms with Crippen LogP contribution in [0.1, 0.15) is 36.0 Å². The van der Waals surface area contributed by atoms with Gasteiger partial charge in [-0.3, -0.25) is 9.78 Å². The Morgan fingerprint density at radius 1 is 1.04 bits per heavy atom. The molecule has 3 aromatic carbocycles. The maximum Gasteiger partial charge on any atom is 0.243 e. The Morgan fingerprint density at radius 3 is 2.49 bits per heavy atom. The maximum absolute atomic E-state index is 15.3. The Bertz CT molecular complexity index is 1750. The number of carbonyl (C=O) groups excluding carboxylic acids is 1. The van der Waals surface area contributed by atoms with E-state index in [4.69, 9.17) is 17.3 Å². The average Bonchev–Trinajstić information content (AvgIpc) is 3.02. The summed E-state index contributed by atoms with van der Waals surface area (Å²) in [5.41, 5.74) is 7.96. The molecule has 12 heteroatoms. The Hall–Kier alpha value is -3.74. The van der Waals surface area contributed by atoms with Gasteiger partial charge in [0.15, 0.2) is 0 Å². The summed E-state index contributed by atoms with van der Waals surface area (Å²) in [6.45, 7) is 2.71. The van der Waals surface area contributed by atoms with E-state index in [1.807, 2.05) is 6.92 Å². The molecule has 8 nitrogen and oxygen atoms in total. The number of carbonyl (C=O) groups is 1. The number of sulfonamides is 1. The van der Waals surface area contributed by atoms with Crippen LogP contribution in [0.4, 0.5) is 14.5 Å². The Kier molecular flexibility index (Phi) is 10.3. The van der Waals surface area contributed by atoms with Crippen molar-refractivity contribution in [3.8, 4) is 0 Å². The minimum Gasteiger partial charge on any atom is -0.324 e. The second-order valence-corrected chi connectivity index (χ2v) is 13.4. The minimum absolute atomic E-state index is 0.145. The maximum atomic E-state index is 15.3. The third-order valence-electron chi connectivity index (χ3n) is 8.01. The molecule has 4 unspecified atom stereocenters. The van der Waals surface area contributed by atoms with Crippen molar-refractivity contribution in [2.24, 2.45) is 5.73 Å². The molecule has 0 spiro atoms. The molecule has 2 heterocycles. The molecule has 5 rings (SSSR count). The lowest BCUT2D eigenvalue weighted by atomic mass is 9.85. The summed E-state index contributed by atoms with van der Waals surface area (Å²) in [6.07, 6.45) is 2.94. The largest absolute Gasteiger partial charge is 0.324 e. The van der Waals surface area contributed by atoms with E-state index in [0.29, 0.717) is 35.7 Å². The highest BCUT2D eigenvalue weighted by Crippen LogP contribution is 2.31. The number of hydrogen-bond donors (Lipinski definition) is 3. The highest BCUT2D eigenvalue weighted by molar-refractivity contribution is 7.89. The molecular weight excluding hydrogens is 620 g/mol. The summed E-state index contributed by atoms with van der Waals surface area (Å²) < 4.78 is 58.2. The van der Waals surface area contributed by atoms with Gasteiger partial charge in [-0.25, -0.2) is 17.2 Å². The van der Waals surface area contributed by atoms with Crippen molar-refractivity contribution < 1.29 is 22.0 Å². The van der Waals surface area contributed by atoms with Crippen LogP contribution in [0.2, 0.25) is 5.02 Å². The molecular formula is C33H34ClF2N5O3S. The van der Waals surface area contributed by atoms with Crippen molar-refractivity contribution >= 4 is 33.2 Å². The summed E-state index contributed by atoms with van der Waals surface area (Å²) in [4.78, 5) is 17.7. The zero-order valence-corrected chi connectivity index (χ0v) is 26.1. The van der Waals surface area contributed by atoms with Crippen LogP contribution in [0.5, 0.6) is 0 Å². The SMILES string of the molecule is CC1CNCC(CCc2c(F)cccc2NC(=O)C(N)C(c2ccc(Cl)cc2)c2cncc(F)c2)N1S(=O)(=O)c1ccccc1. The zero-order chi connectivity index (χ0) is 32.1. The second kappa shape index (κ2) is 14.1. The highest BCUT2D eigenvalue weighted by Gasteiger charge is 2.38. The average molecular weight is 654 g/mol. The number of nitrogens with one attached hydrogen (secondary N) is 2. The van der Waals surface area contributed by atoms with Crippen LogP contribution in [0, 0.1) is 11.6 Å². The topological polar surface area (TPSA) is 117 Å². The highest BCUT2D eigenvalue weighted by atomic mass is 35.5. The van der Waals surface area contributed by atoms with E-state index < -0.39 is 45.6 Å². The molecule has 1 aliphatic rings. The van der Waals surface area contributed by atoms with Gasteiger partial charge in [-0.1, -0.05) is 48.0 Å². The molecule has 0 radical (unpaired) electrons. The van der Waals surface area contributed by atoms with E-state index in [9.17, 15) is 17.6 Å². The molecule has 1 aliphatic heterocycles. The number of rotatable bonds is 10. The van der Waals surface area contributed by atoms with E-state index in [1.165, 1.54) is 28.7 Å². The van der Waals surface area contributed by atoms with Crippen molar-refractivity contribution in [3.05, 3.63) is 125 Å². The third-order valence-corrected chi connectivity index (χ3v) is 10.3. The molecule has 4 N–H and O–H groups in total. The Morgan fingerprint density at radius 2 is 1.78 bits per heavy atom. The van der Waals surface area contributed by atoms with E-state index in [-0.39, 0.29) is 28.6 Å². The smallest absolute Gasteiger partial charge is 0.243 e. The summed E-state index contributed by atoms with van der Waals surface area (Å²) in [6, 6.07) is 18.5. The fourth-order valence-electron chi connectivity index (χ4n) is 5.86. The van der Waals surface area contributed by atoms with E-state index >= 15 is 4.39 Å². The number of anilines is 1. The molecule has 4 atom stereocenters. The number of pyridine rings is 1. The molecule has 0 bridgehead atoms. The molecule has 4 aromatic rings. The molecule has 1 saturated heterocycles. The van der Waals surface area contributed by atoms with Crippen LogP contribution >= 0.6 is 11.6 Å². The first-order chi connectivity index (χ1) is 21.6. The van der Waals surface area contributed by atoms with Crippen LogP contribution in [0.25, 0.3) is 0 Å². The van der Waals surface area contributed by atoms with Gasteiger partial charge in [0.1, 0.15) is 11.6 Å². The van der Waals surface area contributed by atoms with Gasteiger partial charge in [0.2, 0.25) is 15.9 Å². The fraction of sp³-hybridized carbons (Fsp3) is 0.273. The summed E-state index contributed by atoms with van der Waals surface area (Å²) in [5, 5.41) is 6.53. The second-order valence-electron chi connectivity index (χ2n) is 11.1. The predicted octanol–water partition coefficient (Wildman–Crippen LogP) is 5.09. The molecule has 1 aromatic heterocycles. The number of hydrogen-bond acceptors (Lipinski definition) is 6. The van der Waals surface area contributed by atoms with E-state index in [1.54, 1.807) is 60.7 Å². The van der Waals surface area contributed by atoms with E-state index in [2.05, 4.69) is 15.6 Å². The molecule has 0 saturated carbocycles. The lowest BCUT2D eigenvalue weighted by Gasteiger charge is -2.40. The quantitative estimate of drug-likeness (QED) is 0.219. The number of nitrogens with two attached hydrogens (primary N) is 1. The number of aromatic nitrogens is 1. The minimum atomic E-state index is -3.81. The first-order valence-corrected chi connectivity index (χ1v) is 16.4. The summed E-state index contributed by atoms with van der Waals surface area (Å²) in [7, 11) is -3.81. The predicted molar refractivity (Wildman–Crippen MR) is 170 cm³/mol. The fourth-order valence-corrected chi connectivity index (χ4v) is 7.85. The van der Waals surface area contributed by atoms with Gasteiger partial charge in [0.05, 0.1) is 17.1 Å². The first kappa shape index (κ1) is 32.6. The van der Waals surface area contributed by atoms with Crippen molar-refractivity contribution in [3.63, 3.8) is 0 Å². The van der Waals surface area contributed by atoms with Crippen LogP contribution in [-0.4, -0.2) is 54.8 Å². The molecule has 1 fully saturated rings. The first-order valence-electron chi connectivity index (χ1n) is 14.6. The number of nitrogens with zero attached hydrogens (tertiary/aromatic N) is 2. The lowest BCUT2D eigenvalue weighted by Crippen LogP contribution is -2.58. The lowest BCUT2D eigenvalue weighted by molar-refractivity contribution is -0.117. The third kappa shape index (κ3) is 7.40. The Balaban J connectivity index is 1.38.